The van der Waals surface area contributed by atoms with E-state index in [0.29, 0.717) is 0 Å². The van der Waals surface area contributed by atoms with Crippen LogP contribution in [-0.4, -0.2) is 24.5 Å². The molecular formula is C3H5FO3. The molecular weight excluding hydrogens is 103 g/mol. The minimum absolute atomic E-state index is 0.166. The van der Waals surface area contributed by atoms with Crippen molar-refractivity contribution < 1.29 is 19.0 Å². The normalized spacial score (nSPS) is 42.0. The molecule has 1 aliphatic heterocycles. The van der Waals surface area contributed by atoms with Crippen molar-refractivity contribution in [2.75, 3.05) is 6.61 Å². The molecule has 0 aromatic heterocycles. The Kier molecular flexibility index (Phi) is 1.23. The maximum absolute atomic E-state index is 11.7. The molecule has 42 valence electrons. The average Bonchev–Trinajstić information content (AvgIpc) is 1.87. The van der Waals surface area contributed by atoms with E-state index < -0.39 is 12.8 Å². The van der Waals surface area contributed by atoms with Gasteiger partial charge in [-0.15, -0.1) is 0 Å². The summed E-state index contributed by atoms with van der Waals surface area (Å²) in [6.45, 7) is -1.52. The largest absolute Gasteiger partial charge is 0.346 e. The Bertz CT molecular complexity index is 59.2. The summed E-state index contributed by atoms with van der Waals surface area (Å²) in [6.07, 6.45) is -1.45. The minimum Gasteiger partial charge on any atom is -0.346 e. The van der Waals surface area contributed by atoms with Crippen LogP contribution in [0.4, 0.5) is 4.39 Å². The summed E-state index contributed by atoms with van der Waals surface area (Å²) in [7, 11) is 0. The predicted octanol–water partition coefficient (Wildman–Crippen LogP) is -0.395. The van der Waals surface area contributed by atoms with Crippen LogP contribution < -0.4 is 0 Å². The number of halogens is 1. The molecule has 7 heavy (non-hydrogen) atoms. The molecule has 1 fully saturated rings. The van der Waals surface area contributed by atoms with Gasteiger partial charge in [-0.3, -0.25) is 4.74 Å². The van der Waals surface area contributed by atoms with Crippen molar-refractivity contribution in [3.05, 3.63) is 0 Å². The number of rotatable bonds is 0. The maximum Gasteiger partial charge on any atom is 0.271 e. The second-order valence-corrected chi connectivity index (χ2v) is 1.19. The summed E-state index contributed by atoms with van der Waals surface area (Å²) >= 11 is 0. The van der Waals surface area contributed by atoms with E-state index >= 15 is 0 Å². The van der Waals surface area contributed by atoms with Crippen molar-refractivity contribution in [1.82, 2.24) is 0 Å². The van der Waals surface area contributed by atoms with Gasteiger partial charge >= 0.3 is 0 Å². The Morgan fingerprint density at radius 3 is 2.57 bits per heavy atom. The Labute approximate surface area is 39.7 Å². The second kappa shape index (κ2) is 1.73. The van der Waals surface area contributed by atoms with Crippen LogP contribution in [0.15, 0.2) is 0 Å². The molecule has 0 saturated carbocycles. The lowest BCUT2D eigenvalue weighted by molar-refractivity contribution is -0.215. The fourth-order valence-corrected chi connectivity index (χ4v) is 0.363. The van der Waals surface area contributed by atoms with Gasteiger partial charge in [0.2, 0.25) is 6.36 Å². The highest BCUT2D eigenvalue weighted by Gasteiger charge is 2.22. The molecule has 2 unspecified atom stereocenters. The summed E-state index contributed by atoms with van der Waals surface area (Å²) < 4.78 is 19.9. The first-order valence-corrected chi connectivity index (χ1v) is 1.88. The van der Waals surface area contributed by atoms with E-state index in [0.717, 1.165) is 0 Å². The highest BCUT2D eigenvalue weighted by molar-refractivity contribution is 4.42. The summed E-state index contributed by atoms with van der Waals surface area (Å²) in [5.74, 6) is 0. The van der Waals surface area contributed by atoms with Gasteiger partial charge in [-0.05, 0) is 0 Å². The Morgan fingerprint density at radius 1 is 1.71 bits per heavy atom. The molecule has 1 heterocycles. The third kappa shape index (κ3) is 1.09. The second-order valence-electron chi connectivity index (χ2n) is 1.19. The van der Waals surface area contributed by atoms with Gasteiger partial charge in [0.25, 0.3) is 6.48 Å². The summed E-state index contributed by atoms with van der Waals surface area (Å²) in [5, 5.41) is 8.22. The minimum atomic E-state index is -1.45. The van der Waals surface area contributed by atoms with Crippen LogP contribution in [0.25, 0.3) is 0 Å². The molecule has 1 N–H and O–H groups in total. The van der Waals surface area contributed by atoms with Gasteiger partial charge in [0.1, 0.15) is 6.61 Å². The Morgan fingerprint density at radius 2 is 2.43 bits per heavy atom. The van der Waals surface area contributed by atoms with Crippen LogP contribution in [0.3, 0.4) is 0 Å². The van der Waals surface area contributed by atoms with Gasteiger partial charge in [0.15, 0.2) is 0 Å². The van der Waals surface area contributed by atoms with Gasteiger partial charge in [-0.1, -0.05) is 0 Å². The van der Waals surface area contributed by atoms with Crippen molar-refractivity contribution >= 4 is 0 Å². The molecule has 3 nitrogen and oxygen atoms in total. The maximum atomic E-state index is 11.7. The molecule has 1 saturated heterocycles. The van der Waals surface area contributed by atoms with E-state index in [9.17, 15) is 4.39 Å². The quantitative estimate of drug-likeness (QED) is 0.459. The first kappa shape index (κ1) is 4.96. The van der Waals surface area contributed by atoms with Crippen LogP contribution in [0.1, 0.15) is 0 Å². The predicted molar refractivity (Wildman–Crippen MR) is 17.9 cm³/mol. The molecule has 1 aliphatic rings. The van der Waals surface area contributed by atoms with E-state index in [1.807, 2.05) is 0 Å². The fourth-order valence-electron chi connectivity index (χ4n) is 0.363. The number of aliphatic hydroxyl groups is 1. The molecule has 0 aromatic rings. The smallest absolute Gasteiger partial charge is 0.271 e. The van der Waals surface area contributed by atoms with Gasteiger partial charge in [0, 0.05) is 0 Å². The van der Waals surface area contributed by atoms with Crippen LogP contribution in [0, 0.1) is 0 Å². The number of hydrogen-bond acceptors (Lipinski definition) is 3. The number of hydrogen-bond donors (Lipinski definition) is 1. The average molecular weight is 108 g/mol. The van der Waals surface area contributed by atoms with Crippen LogP contribution in [0.5, 0.6) is 0 Å². The van der Waals surface area contributed by atoms with Crippen molar-refractivity contribution in [2.24, 2.45) is 0 Å². The molecule has 1 rings (SSSR count). The van der Waals surface area contributed by atoms with Gasteiger partial charge < -0.3 is 9.84 Å². The first-order valence-electron chi connectivity index (χ1n) is 1.88. The van der Waals surface area contributed by atoms with Gasteiger partial charge in [-0.25, -0.2) is 4.39 Å². The number of ether oxygens (including phenoxy) is 2. The van der Waals surface area contributed by atoms with Crippen molar-refractivity contribution in [3.8, 4) is 0 Å². The van der Waals surface area contributed by atoms with Crippen molar-refractivity contribution in [1.29, 1.82) is 0 Å². The molecule has 2 atom stereocenters. The lowest BCUT2D eigenvalue weighted by Crippen LogP contribution is -2.05. The zero-order valence-corrected chi connectivity index (χ0v) is 3.50. The monoisotopic (exact) mass is 108 g/mol. The van der Waals surface area contributed by atoms with Crippen LogP contribution in [0.2, 0.25) is 0 Å². The molecule has 0 aromatic carbocycles. The Balaban J connectivity index is 2.26. The van der Waals surface area contributed by atoms with E-state index in [1.165, 1.54) is 0 Å². The van der Waals surface area contributed by atoms with Crippen LogP contribution >= 0.6 is 0 Å². The third-order valence-electron chi connectivity index (χ3n) is 0.634. The lowest BCUT2D eigenvalue weighted by atomic mass is 10.8. The number of aliphatic hydroxyl groups excluding tert-OH is 1. The lowest BCUT2D eigenvalue weighted by Gasteiger charge is -1.94. The van der Waals surface area contributed by atoms with Crippen LogP contribution in [-0.2, 0) is 9.47 Å². The molecule has 0 amide bonds. The fraction of sp³-hybridized carbons (Fsp3) is 1.00. The van der Waals surface area contributed by atoms with E-state index in [4.69, 9.17) is 5.11 Å². The summed E-state index contributed by atoms with van der Waals surface area (Å²) in [6, 6.07) is 0. The zero-order chi connectivity index (χ0) is 5.28. The highest BCUT2D eigenvalue weighted by atomic mass is 19.1. The van der Waals surface area contributed by atoms with Crippen molar-refractivity contribution in [2.45, 2.75) is 12.8 Å². The van der Waals surface area contributed by atoms with Gasteiger partial charge in [-0.2, -0.15) is 0 Å². The first-order chi connectivity index (χ1) is 3.29. The van der Waals surface area contributed by atoms with E-state index in [2.05, 4.69) is 9.47 Å². The van der Waals surface area contributed by atoms with E-state index in [-0.39, 0.29) is 6.61 Å². The summed E-state index contributed by atoms with van der Waals surface area (Å²) in [4.78, 5) is 0. The van der Waals surface area contributed by atoms with Crippen molar-refractivity contribution in [3.63, 3.8) is 0 Å². The van der Waals surface area contributed by atoms with E-state index in [1.54, 1.807) is 0 Å². The third-order valence-corrected chi connectivity index (χ3v) is 0.634. The number of alkyl halides is 1. The molecule has 0 bridgehead atoms. The molecule has 0 radical (unpaired) electrons. The Hall–Kier alpha value is -0.190. The molecule has 4 heteroatoms. The SMILES string of the molecule is OC1OCC(F)O1. The summed E-state index contributed by atoms with van der Waals surface area (Å²) in [5.41, 5.74) is 0. The highest BCUT2D eigenvalue weighted by Crippen LogP contribution is 2.08. The molecule has 0 spiro atoms. The zero-order valence-electron chi connectivity index (χ0n) is 3.50. The van der Waals surface area contributed by atoms with Gasteiger partial charge in [0.05, 0.1) is 0 Å². The molecule has 0 aliphatic carbocycles. The topological polar surface area (TPSA) is 38.7 Å². The standard InChI is InChI=1S/C3H5FO3/c4-2-1-6-3(5)7-2/h2-3,5H,1H2.